The number of rotatable bonds is 55. The van der Waals surface area contributed by atoms with Gasteiger partial charge in [0.05, 0.1) is 18.8 Å². The van der Waals surface area contributed by atoms with Crippen molar-refractivity contribution in [2.75, 3.05) is 6.61 Å². The maximum Gasteiger partial charge on any atom is 0.220 e. The molecule has 0 aliphatic heterocycles. The van der Waals surface area contributed by atoms with E-state index in [4.69, 9.17) is 0 Å². The fraction of sp³-hybridized carbons (Fsp3) is 0.597. The van der Waals surface area contributed by atoms with E-state index < -0.39 is 12.1 Å². The molecule has 0 aliphatic rings. The lowest BCUT2D eigenvalue weighted by molar-refractivity contribution is -0.123. The summed E-state index contributed by atoms with van der Waals surface area (Å²) in [6.45, 7) is 4.17. The number of nitrogens with one attached hydrogen (secondary N) is 1. The van der Waals surface area contributed by atoms with E-state index >= 15 is 0 Å². The van der Waals surface area contributed by atoms with Gasteiger partial charge < -0.3 is 15.5 Å². The average molecular weight is 1040 g/mol. The molecule has 1 amide bonds. The van der Waals surface area contributed by atoms with Crippen LogP contribution in [0.5, 0.6) is 0 Å². The molecular weight excluding hydrogens is 927 g/mol. The molecule has 0 aromatic rings. The Balaban J connectivity index is 3.73. The van der Waals surface area contributed by atoms with Gasteiger partial charge in [-0.2, -0.15) is 0 Å². The van der Waals surface area contributed by atoms with Crippen molar-refractivity contribution in [3.63, 3.8) is 0 Å². The van der Waals surface area contributed by atoms with Crippen molar-refractivity contribution in [3.8, 4) is 0 Å². The lowest BCUT2D eigenvalue weighted by atomic mass is 10.0. The van der Waals surface area contributed by atoms with Crippen molar-refractivity contribution in [1.29, 1.82) is 0 Å². The zero-order valence-electron chi connectivity index (χ0n) is 49.2. The van der Waals surface area contributed by atoms with E-state index in [0.717, 1.165) is 122 Å². The fourth-order valence-electron chi connectivity index (χ4n) is 8.45. The molecule has 2 atom stereocenters. The predicted molar refractivity (Wildman–Crippen MR) is 340 cm³/mol. The molecule has 76 heavy (non-hydrogen) atoms. The third-order valence-electron chi connectivity index (χ3n) is 13.2. The number of carbonyl (C=O) groups excluding carboxylic acids is 1. The van der Waals surface area contributed by atoms with Gasteiger partial charge >= 0.3 is 0 Å². The zero-order chi connectivity index (χ0) is 54.8. The lowest BCUT2D eigenvalue weighted by Crippen LogP contribution is -2.45. The van der Waals surface area contributed by atoms with Crippen molar-refractivity contribution in [2.24, 2.45) is 0 Å². The van der Waals surface area contributed by atoms with Crippen molar-refractivity contribution in [1.82, 2.24) is 5.32 Å². The highest BCUT2D eigenvalue weighted by Crippen LogP contribution is 2.15. The van der Waals surface area contributed by atoms with Gasteiger partial charge in [-0.25, -0.2) is 0 Å². The highest BCUT2D eigenvalue weighted by molar-refractivity contribution is 5.76. The number of aliphatic hydroxyl groups is 2. The SMILES string of the molecule is CC/C=C\C/C=C\C/C=C\C/C=C\C/C=C\C/C=C\C/C=C\C/C=C\C/C=C\C/C=C\C/C=C\CCCCCC(=O)NC(CO)C(O)/C=C/CC/C=C/CC/C=C/CCCCCCCCCCCCCCCCCCC. The smallest absolute Gasteiger partial charge is 0.220 e. The second kappa shape index (κ2) is 65.0. The summed E-state index contributed by atoms with van der Waals surface area (Å²) in [4.78, 5) is 12.5. The minimum absolute atomic E-state index is 0.116. The second-order valence-corrected chi connectivity index (χ2v) is 20.4. The van der Waals surface area contributed by atoms with Crippen LogP contribution in [-0.2, 0) is 4.79 Å². The lowest BCUT2D eigenvalue weighted by Gasteiger charge is -2.19. The summed E-state index contributed by atoms with van der Waals surface area (Å²) in [7, 11) is 0. The molecule has 2 unspecified atom stereocenters. The van der Waals surface area contributed by atoms with Gasteiger partial charge in [-0.05, 0) is 128 Å². The van der Waals surface area contributed by atoms with Gasteiger partial charge in [0.15, 0.2) is 0 Å². The maximum absolute atomic E-state index is 12.5. The fourth-order valence-corrected chi connectivity index (χ4v) is 8.45. The molecule has 0 aromatic carbocycles. The van der Waals surface area contributed by atoms with Crippen LogP contribution < -0.4 is 5.32 Å². The topological polar surface area (TPSA) is 69.6 Å². The van der Waals surface area contributed by atoms with Crippen LogP contribution in [0.15, 0.2) is 170 Å². The minimum Gasteiger partial charge on any atom is -0.394 e. The molecule has 428 valence electrons. The van der Waals surface area contributed by atoms with Crippen LogP contribution in [0.4, 0.5) is 0 Å². The predicted octanol–water partition coefficient (Wildman–Crippen LogP) is 21.5. The second-order valence-electron chi connectivity index (χ2n) is 20.4. The van der Waals surface area contributed by atoms with Crippen LogP contribution in [0.3, 0.4) is 0 Å². The first-order valence-electron chi connectivity index (χ1n) is 31.3. The summed E-state index contributed by atoms with van der Waals surface area (Å²) in [6, 6.07) is -0.679. The third kappa shape index (κ3) is 60.6. The molecule has 0 spiro atoms. The zero-order valence-corrected chi connectivity index (χ0v) is 49.2. The van der Waals surface area contributed by atoms with Crippen LogP contribution in [-0.4, -0.2) is 34.9 Å². The average Bonchev–Trinajstić information content (AvgIpc) is 3.42. The molecular formula is C72H117NO3. The highest BCUT2D eigenvalue weighted by atomic mass is 16.3. The Labute approximate surface area is 470 Å². The highest BCUT2D eigenvalue weighted by Gasteiger charge is 2.17. The van der Waals surface area contributed by atoms with Crippen LogP contribution in [0.2, 0.25) is 0 Å². The number of unbranched alkanes of at least 4 members (excludes halogenated alkanes) is 22. The molecule has 4 nitrogen and oxygen atoms in total. The van der Waals surface area contributed by atoms with Gasteiger partial charge in [-0.1, -0.05) is 293 Å². The van der Waals surface area contributed by atoms with E-state index in [9.17, 15) is 15.0 Å². The summed E-state index contributed by atoms with van der Waals surface area (Å²) in [5.41, 5.74) is 0. The van der Waals surface area contributed by atoms with Crippen molar-refractivity contribution < 1.29 is 15.0 Å². The first-order chi connectivity index (χ1) is 37.7. The molecule has 0 radical (unpaired) electrons. The molecule has 0 bridgehead atoms. The molecule has 0 rings (SSSR count). The number of aliphatic hydroxyl groups excluding tert-OH is 2. The largest absolute Gasteiger partial charge is 0.394 e. The van der Waals surface area contributed by atoms with Crippen LogP contribution >= 0.6 is 0 Å². The molecule has 3 N–H and O–H groups in total. The molecule has 0 saturated heterocycles. The maximum atomic E-state index is 12.5. The summed E-state index contributed by atoms with van der Waals surface area (Å²) < 4.78 is 0. The first-order valence-corrected chi connectivity index (χ1v) is 31.3. The van der Waals surface area contributed by atoms with Gasteiger partial charge in [0.2, 0.25) is 5.91 Å². The van der Waals surface area contributed by atoms with Gasteiger partial charge in [0.25, 0.3) is 0 Å². The Hall–Kier alpha value is -4.25. The molecule has 0 fully saturated rings. The minimum atomic E-state index is -0.899. The van der Waals surface area contributed by atoms with Crippen molar-refractivity contribution in [3.05, 3.63) is 170 Å². The van der Waals surface area contributed by atoms with Gasteiger partial charge in [-0.3, -0.25) is 4.79 Å². The summed E-state index contributed by atoms with van der Waals surface area (Å²) in [5.74, 6) is -0.116. The molecule has 0 heterocycles. The van der Waals surface area contributed by atoms with Crippen LogP contribution in [0.25, 0.3) is 0 Å². The van der Waals surface area contributed by atoms with Crippen LogP contribution in [0.1, 0.15) is 258 Å². The Kier molecular flexibility index (Phi) is 61.4. The van der Waals surface area contributed by atoms with Gasteiger partial charge in [0, 0.05) is 6.42 Å². The van der Waals surface area contributed by atoms with E-state index in [0.29, 0.717) is 6.42 Å². The van der Waals surface area contributed by atoms with Crippen molar-refractivity contribution >= 4 is 5.91 Å². The molecule has 0 saturated carbocycles. The van der Waals surface area contributed by atoms with Crippen molar-refractivity contribution in [2.45, 2.75) is 270 Å². The van der Waals surface area contributed by atoms with E-state index in [1.165, 1.54) is 116 Å². The van der Waals surface area contributed by atoms with E-state index in [1.54, 1.807) is 6.08 Å². The van der Waals surface area contributed by atoms with Gasteiger partial charge in [-0.15, -0.1) is 0 Å². The van der Waals surface area contributed by atoms with Crippen LogP contribution in [0, 0.1) is 0 Å². The summed E-state index contributed by atoms with van der Waals surface area (Å²) in [5, 5.41) is 23.2. The molecule has 0 aromatic heterocycles. The van der Waals surface area contributed by atoms with E-state index in [1.807, 2.05) is 6.08 Å². The molecule has 4 heteroatoms. The number of hydrogen-bond donors (Lipinski definition) is 3. The molecule has 0 aliphatic carbocycles. The Bertz CT molecular complexity index is 1660. The number of carbonyl (C=O) groups is 1. The number of allylic oxidation sites excluding steroid dienone is 27. The summed E-state index contributed by atoms with van der Waals surface area (Å²) in [6.07, 6.45) is 105. The Morgan fingerprint density at radius 2 is 0.592 bits per heavy atom. The third-order valence-corrected chi connectivity index (χ3v) is 13.2. The Morgan fingerprint density at radius 3 is 0.921 bits per heavy atom. The standard InChI is InChI=1S/C72H117NO3/c1-3-5-7-9-11-13-15-17-19-21-23-25-27-29-31-32-33-34-35-36-37-38-39-40-42-44-46-48-50-52-54-56-58-60-62-64-66-68-72(76)73-70(69-74)71(75)67-65-63-61-59-57-55-53-51-49-47-45-43-41-30-28-26-24-22-20-18-16-14-12-10-8-6-4-2/h5,7,11,13,17,19,23,25,29,31,33-34,36-37,39-40,44,46,49-52,56-59,65,67,70-71,74-75H,3-4,6,8-10,12,14-16,18,20-22,24,26-28,30,32,35,38,41-43,45,47-48,53-55,60-64,66,68-69H2,1-2H3,(H,73,76)/b7-5-,13-11-,19-17-,25-23-,31-29-,34-33-,37-36-,40-39-,46-44-,51-49+,52-50-,58-56-,59-57+,67-65+. The van der Waals surface area contributed by atoms with E-state index in [-0.39, 0.29) is 12.5 Å². The monoisotopic (exact) mass is 1040 g/mol. The number of hydrogen-bond acceptors (Lipinski definition) is 3. The van der Waals surface area contributed by atoms with E-state index in [2.05, 4.69) is 177 Å². The normalized spacial score (nSPS) is 14.0. The van der Waals surface area contributed by atoms with Gasteiger partial charge in [0.1, 0.15) is 0 Å². The quantitative estimate of drug-likeness (QED) is 0.0420. The summed E-state index contributed by atoms with van der Waals surface area (Å²) >= 11 is 0. The Morgan fingerprint density at radius 1 is 0.329 bits per heavy atom. The first kappa shape index (κ1) is 71.8. The number of amides is 1.